The Kier molecular flexibility index (Phi) is 4.66. The fourth-order valence-electron chi connectivity index (χ4n) is 3.86. The van der Waals surface area contributed by atoms with Crippen LogP contribution < -0.4 is 5.32 Å². The second-order valence-electron chi connectivity index (χ2n) is 7.46. The van der Waals surface area contributed by atoms with Crippen LogP contribution in [0.25, 0.3) is 11.0 Å². The molecular weight excluding hydrogens is 328 g/mol. The number of piperidine rings is 1. The van der Waals surface area contributed by atoms with Gasteiger partial charge < -0.3 is 14.8 Å². The average Bonchev–Trinajstić information content (AvgIpc) is 3.46. The molecule has 2 fully saturated rings. The molecule has 4 rings (SSSR count). The van der Waals surface area contributed by atoms with E-state index in [0.29, 0.717) is 12.5 Å². The first kappa shape index (κ1) is 17.1. The number of aromatic nitrogens is 2. The lowest BCUT2D eigenvalue weighted by atomic mass is 9.95. The monoisotopic (exact) mass is 354 g/mol. The molecule has 1 N–H and O–H groups in total. The zero-order valence-electron chi connectivity index (χ0n) is 15.3. The van der Waals surface area contributed by atoms with E-state index in [0.717, 1.165) is 62.2 Å². The van der Waals surface area contributed by atoms with E-state index in [4.69, 9.17) is 0 Å². The number of carbonyl (C=O) groups excluding carboxylic acids is 2. The molecule has 2 heterocycles. The fourth-order valence-corrected chi connectivity index (χ4v) is 3.86. The Hall–Kier alpha value is -2.37. The molecule has 0 atom stereocenters. The zero-order valence-corrected chi connectivity index (χ0v) is 15.3. The quantitative estimate of drug-likeness (QED) is 0.894. The van der Waals surface area contributed by atoms with Crippen LogP contribution in [-0.2, 0) is 16.1 Å². The van der Waals surface area contributed by atoms with Crippen molar-refractivity contribution in [2.45, 2.75) is 39.2 Å². The van der Waals surface area contributed by atoms with Crippen molar-refractivity contribution in [1.29, 1.82) is 0 Å². The zero-order chi connectivity index (χ0) is 18.1. The smallest absolute Gasteiger partial charge is 0.225 e. The molecule has 138 valence electrons. The molecule has 1 saturated carbocycles. The van der Waals surface area contributed by atoms with Gasteiger partial charge in [-0.2, -0.15) is 0 Å². The first-order chi connectivity index (χ1) is 12.6. The van der Waals surface area contributed by atoms with Crippen LogP contribution in [0, 0.1) is 18.8 Å². The molecule has 26 heavy (non-hydrogen) atoms. The Morgan fingerprint density at radius 2 is 1.85 bits per heavy atom. The van der Waals surface area contributed by atoms with Crippen LogP contribution in [-0.4, -0.2) is 45.9 Å². The molecule has 1 aromatic carbocycles. The molecule has 6 heteroatoms. The van der Waals surface area contributed by atoms with Gasteiger partial charge in [-0.15, -0.1) is 0 Å². The van der Waals surface area contributed by atoms with Crippen molar-refractivity contribution >= 4 is 22.8 Å². The van der Waals surface area contributed by atoms with Gasteiger partial charge in [-0.3, -0.25) is 9.59 Å². The van der Waals surface area contributed by atoms with Gasteiger partial charge in [0.1, 0.15) is 5.82 Å². The van der Waals surface area contributed by atoms with E-state index < -0.39 is 0 Å². The standard InChI is InChI=1S/C20H26N4O2/c1-14-22-17-4-2-3-5-18(17)24(14)13-10-21-19(25)15-8-11-23(12-9-15)20(26)16-6-7-16/h2-5,15-16H,6-13H2,1H3,(H,21,25). The van der Waals surface area contributed by atoms with E-state index in [1.807, 2.05) is 30.0 Å². The summed E-state index contributed by atoms with van der Waals surface area (Å²) in [6, 6.07) is 8.06. The normalized spacial score (nSPS) is 18.3. The van der Waals surface area contributed by atoms with Crippen molar-refractivity contribution < 1.29 is 9.59 Å². The SMILES string of the molecule is Cc1nc2ccccc2n1CCNC(=O)C1CCN(C(=O)C2CC2)CC1. The first-order valence-corrected chi connectivity index (χ1v) is 9.62. The summed E-state index contributed by atoms with van der Waals surface area (Å²) < 4.78 is 2.15. The number of fused-ring (bicyclic) bond motifs is 1. The minimum Gasteiger partial charge on any atom is -0.354 e. The molecule has 0 bridgehead atoms. The summed E-state index contributed by atoms with van der Waals surface area (Å²) in [7, 11) is 0. The lowest BCUT2D eigenvalue weighted by Gasteiger charge is -2.31. The van der Waals surface area contributed by atoms with E-state index in [2.05, 4.69) is 20.9 Å². The third-order valence-corrected chi connectivity index (χ3v) is 5.58. The highest BCUT2D eigenvalue weighted by atomic mass is 16.2. The highest BCUT2D eigenvalue weighted by molar-refractivity contribution is 5.82. The molecule has 2 aromatic rings. The Morgan fingerprint density at radius 3 is 2.58 bits per heavy atom. The van der Waals surface area contributed by atoms with Crippen LogP contribution in [0.5, 0.6) is 0 Å². The number of likely N-dealkylation sites (tertiary alicyclic amines) is 1. The summed E-state index contributed by atoms with van der Waals surface area (Å²) in [5.74, 6) is 1.68. The number of rotatable bonds is 5. The summed E-state index contributed by atoms with van der Waals surface area (Å²) in [5.41, 5.74) is 2.09. The lowest BCUT2D eigenvalue weighted by molar-refractivity contribution is -0.136. The molecule has 6 nitrogen and oxygen atoms in total. The second-order valence-corrected chi connectivity index (χ2v) is 7.46. The van der Waals surface area contributed by atoms with E-state index in [1.165, 1.54) is 0 Å². The summed E-state index contributed by atoms with van der Waals surface area (Å²) in [5, 5.41) is 3.07. The second kappa shape index (κ2) is 7.09. The summed E-state index contributed by atoms with van der Waals surface area (Å²) >= 11 is 0. The summed E-state index contributed by atoms with van der Waals surface area (Å²) in [6.07, 6.45) is 3.64. The van der Waals surface area contributed by atoms with Crippen LogP contribution in [0.15, 0.2) is 24.3 Å². The number of nitrogens with one attached hydrogen (secondary N) is 1. The van der Waals surface area contributed by atoms with Gasteiger partial charge in [0, 0.05) is 38.0 Å². The van der Waals surface area contributed by atoms with Crippen LogP contribution >= 0.6 is 0 Å². The molecule has 0 radical (unpaired) electrons. The molecule has 0 unspecified atom stereocenters. The fraction of sp³-hybridized carbons (Fsp3) is 0.550. The number of hydrogen-bond donors (Lipinski definition) is 1. The number of amides is 2. The van der Waals surface area contributed by atoms with Crippen molar-refractivity contribution in [1.82, 2.24) is 19.8 Å². The number of aryl methyl sites for hydroxylation is 1. The molecule has 2 amide bonds. The molecule has 1 aliphatic carbocycles. The van der Waals surface area contributed by atoms with Crippen LogP contribution in [0.4, 0.5) is 0 Å². The number of para-hydroxylation sites is 2. The van der Waals surface area contributed by atoms with Crippen molar-refractivity contribution in [2.75, 3.05) is 19.6 Å². The molecule has 1 aliphatic heterocycles. The van der Waals surface area contributed by atoms with Crippen LogP contribution in [0.3, 0.4) is 0 Å². The van der Waals surface area contributed by atoms with Crippen molar-refractivity contribution in [3.05, 3.63) is 30.1 Å². The molecule has 2 aliphatic rings. The molecule has 1 saturated heterocycles. The van der Waals surface area contributed by atoms with E-state index in [-0.39, 0.29) is 17.7 Å². The van der Waals surface area contributed by atoms with Gasteiger partial charge in [-0.25, -0.2) is 4.98 Å². The van der Waals surface area contributed by atoms with Crippen LogP contribution in [0.1, 0.15) is 31.5 Å². The lowest BCUT2D eigenvalue weighted by Crippen LogP contribution is -2.44. The van der Waals surface area contributed by atoms with Crippen molar-refractivity contribution in [3.8, 4) is 0 Å². The van der Waals surface area contributed by atoms with Gasteiger partial charge in [0.05, 0.1) is 11.0 Å². The number of nitrogens with zero attached hydrogens (tertiary/aromatic N) is 3. The average molecular weight is 354 g/mol. The van der Waals surface area contributed by atoms with Gasteiger partial charge in [0.15, 0.2) is 0 Å². The van der Waals surface area contributed by atoms with Crippen molar-refractivity contribution in [3.63, 3.8) is 0 Å². The maximum Gasteiger partial charge on any atom is 0.225 e. The number of benzene rings is 1. The topological polar surface area (TPSA) is 67.2 Å². The van der Waals surface area contributed by atoms with Crippen molar-refractivity contribution in [2.24, 2.45) is 11.8 Å². The number of imidazole rings is 1. The third kappa shape index (κ3) is 3.45. The third-order valence-electron chi connectivity index (χ3n) is 5.58. The predicted molar refractivity (Wildman–Crippen MR) is 99.5 cm³/mol. The van der Waals surface area contributed by atoms with Gasteiger partial charge in [-0.05, 0) is 44.7 Å². The Labute approximate surface area is 153 Å². The largest absolute Gasteiger partial charge is 0.354 e. The number of hydrogen-bond acceptors (Lipinski definition) is 3. The van der Waals surface area contributed by atoms with E-state index in [1.54, 1.807) is 0 Å². The predicted octanol–water partition coefficient (Wildman–Crippen LogP) is 2.11. The Bertz CT molecular complexity index is 816. The van der Waals surface area contributed by atoms with Gasteiger partial charge in [0.2, 0.25) is 11.8 Å². The van der Waals surface area contributed by atoms with Gasteiger partial charge >= 0.3 is 0 Å². The van der Waals surface area contributed by atoms with E-state index >= 15 is 0 Å². The minimum atomic E-state index is 0.0267. The molecular formula is C20H26N4O2. The summed E-state index contributed by atoms with van der Waals surface area (Å²) in [4.78, 5) is 31.1. The Balaban J connectivity index is 1.26. The van der Waals surface area contributed by atoms with Gasteiger partial charge in [0.25, 0.3) is 0 Å². The maximum absolute atomic E-state index is 12.5. The van der Waals surface area contributed by atoms with E-state index in [9.17, 15) is 9.59 Å². The molecule has 0 spiro atoms. The first-order valence-electron chi connectivity index (χ1n) is 9.62. The maximum atomic E-state index is 12.5. The minimum absolute atomic E-state index is 0.0267. The highest BCUT2D eigenvalue weighted by Crippen LogP contribution is 2.32. The summed E-state index contributed by atoms with van der Waals surface area (Å²) in [6.45, 7) is 4.75. The Morgan fingerprint density at radius 1 is 1.12 bits per heavy atom. The molecule has 1 aromatic heterocycles. The van der Waals surface area contributed by atoms with Crippen LogP contribution in [0.2, 0.25) is 0 Å². The number of carbonyl (C=O) groups is 2. The highest BCUT2D eigenvalue weighted by Gasteiger charge is 2.35. The van der Waals surface area contributed by atoms with Gasteiger partial charge in [-0.1, -0.05) is 12.1 Å².